The zero-order valence-corrected chi connectivity index (χ0v) is 12.5. The van der Waals surface area contributed by atoms with E-state index in [1.54, 1.807) is 6.07 Å². The maximum Gasteiger partial charge on any atom is 0.316 e. The second-order valence-electron chi connectivity index (χ2n) is 5.13. The number of aromatic nitrogens is 3. The van der Waals surface area contributed by atoms with Gasteiger partial charge in [-0.3, -0.25) is 4.79 Å². The molecule has 2 aromatic rings. The van der Waals surface area contributed by atoms with E-state index in [2.05, 4.69) is 20.4 Å². The van der Waals surface area contributed by atoms with E-state index in [0.29, 0.717) is 11.0 Å². The Labute approximate surface area is 132 Å². The third-order valence-corrected chi connectivity index (χ3v) is 3.73. The van der Waals surface area contributed by atoms with Crippen molar-refractivity contribution in [3.8, 4) is 6.01 Å². The highest BCUT2D eigenvalue weighted by Crippen LogP contribution is 2.22. The second-order valence-corrected chi connectivity index (χ2v) is 5.56. The first kappa shape index (κ1) is 14.8. The molecule has 1 fully saturated rings. The highest BCUT2D eigenvalue weighted by atomic mass is 35.5. The second kappa shape index (κ2) is 6.74. The Bertz CT molecular complexity index is 610. The monoisotopic (exact) mass is 322 g/mol. The average molecular weight is 323 g/mol. The molecule has 0 aromatic carbocycles. The van der Waals surface area contributed by atoms with Gasteiger partial charge in [-0.25, -0.2) is 9.97 Å². The highest BCUT2D eigenvalue weighted by Gasteiger charge is 2.25. The van der Waals surface area contributed by atoms with Gasteiger partial charge in [-0.2, -0.15) is 0 Å². The Morgan fingerprint density at radius 2 is 2.00 bits per heavy atom. The Hall–Kier alpha value is -2.15. The molecule has 1 aliphatic rings. The molecule has 1 amide bonds. The van der Waals surface area contributed by atoms with Crippen LogP contribution in [0.5, 0.6) is 6.01 Å². The van der Waals surface area contributed by atoms with Gasteiger partial charge >= 0.3 is 6.01 Å². The van der Waals surface area contributed by atoms with Crippen molar-refractivity contribution in [2.75, 3.05) is 0 Å². The quantitative estimate of drug-likeness (QED) is 0.928. The van der Waals surface area contributed by atoms with Crippen LogP contribution in [0, 0.1) is 0 Å². The fourth-order valence-electron chi connectivity index (χ4n) is 2.42. The molecule has 3 rings (SSSR count). The standard InChI is InChI=1S/C14H15ClN4O3/c15-9-7-16-14(17-8-9)21-11-3-1-10(2-4-11)19-13(20)12-5-6-18-22-12/h5-8,10-11H,1-4H2,(H,19,20). The van der Waals surface area contributed by atoms with E-state index in [1.165, 1.54) is 18.6 Å². The fourth-order valence-corrected chi connectivity index (χ4v) is 2.52. The van der Waals surface area contributed by atoms with E-state index in [0.717, 1.165) is 25.7 Å². The van der Waals surface area contributed by atoms with E-state index >= 15 is 0 Å². The average Bonchev–Trinajstić information content (AvgIpc) is 3.06. The van der Waals surface area contributed by atoms with E-state index in [-0.39, 0.29) is 23.8 Å². The lowest BCUT2D eigenvalue weighted by Crippen LogP contribution is -2.39. The van der Waals surface area contributed by atoms with E-state index in [1.807, 2.05) is 0 Å². The van der Waals surface area contributed by atoms with Crippen LogP contribution in [-0.4, -0.2) is 33.2 Å². The van der Waals surface area contributed by atoms with Crippen molar-refractivity contribution < 1.29 is 14.1 Å². The number of nitrogens with one attached hydrogen (secondary N) is 1. The van der Waals surface area contributed by atoms with Crippen LogP contribution in [0.4, 0.5) is 0 Å². The SMILES string of the molecule is O=C(NC1CCC(Oc2ncc(Cl)cn2)CC1)c1ccno1. The van der Waals surface area contributed by atoms with Crippen molar-refractivity contribution in [3.05, 3.63) is 35.4 Å². The summed E-state index contributed by atoms with van der Waals surface area (Å²) in [6, 6.07) is 1.99. The number of amides is 1. The van der Waals surface area contributed by atoms with Gasteiger partial charge in [0.05, 0.1) is 23.6 Å². The molecule has 0 spiro atoms. The molecule has 1 saturated carbocycles. The molecule has 0 saturated heterocycles. The zero-order valence-electron chi connectivity index (χ0n) is 11.7. The van der Waals surface area contributed by atoms with Crippen molar-refractivity contribution >= 4 is 17.5 Å². The first-order valence-corrected chi connectivity index (χ1v) is 7.44. The van der Waals surface area contributed by atoms with Crippen LogP contribution in [0.15, 0.2) is 29.2 Å². The van der Waals surface area contributed by atoms with Crippen molar-refractivity contribution in [3.63, 3.8) is 0 Å². The lowest BCUT2D eigenvalue weighted by Gasteiger charge is -2.28. The number of hydrogen-bond acceptors (Lipinski definition) is 6. The lowest BCUT2D eigenvalue weighted by molar-refractivity contribution is 0.0850. The Kier molecular flexibility index (Phi) is 4.53. The summed E-state index contributed by atoms with van der Waals surface area (Å²) in [7, 11) is 0. The summed E-state index contributed by atoms with van der Waals surface area (Å²) in [5, 5.41) is 6.94. The van der Waals surface area contributed by atoms with Crippen molar-refractivity contribution in [2.24, 2.45) is 0 Å². The largest absolute Gasteiger partial charge is 0.460 e. The molecule has 116 valence electrons. The predicted octanol–water partition coefficient (Wildman–Crippen LogP) is 2.24. The lowest BCUT2D eigenvalue weighted by atomic mass is 9.93. The molecule has 2 heterocycles. The minimum atomic E-state index is -0.233. The molecule has 0 aliphatic heterocycles. The number of ether oxygens (including phenoxy) is 1. The molecule has 1 N–H and O–H groups in total. The predicted molar refractivity (Wildman–Crippen MR) is 77.7 cm³/mol. The summed E-state index contributed by atoms with van der Waals surface area (Å²) in [6.45, 7) is 0. The van der Waals surface area contributed by atoms with Crippen LogP contribution in [0.2, 0.25) is 5.02 Å². The molecular weight excluding hydrogens is 308 g/mol. The summed E-state index contributed by atoms with van der Waals surface area (Å²) in [6.07, 6.45) is 7.84. The topological polar surface area (TPSA) is 90.1 Å². The molecule has 22 heavy (non-hydrogen) atoms. The molecular formula is C14H15ClN4O3. The summed E-state index contributed by atoms with van der Waals surface area (Å²) in [4.78, 5) is 19.9. The summed E-state index contributed by atoms with van der Waals surface area (Å²) in [5.74, 6) is -0.00385. The molecule has 2 aromatic heterocycles. The summed E-state index contributed by atoms with van der Waals surface area (Å²) < 4.78 is 10.5. The van der Waals surface area contributed by atoms with Gasteiger partial charge in [0.15, 0.2) is 0 Å². The Morgan fingerprint density at radius 1 is 1.27 bits per heavy atom. The number of rotatable bonds is 4. The van der Waals surface area contributed by atoms with Crippen LogP contribution in [0.3, 0.4) is 0 Å². The van der Waals surface area contributed by atoms with Crippen molar-refractivity contribution in [1.29, 1.82) is 0 Å². The van der Waals surface area contributed by atoms with Gasteiger partial charge in [-0.15, -0.1) is 0 Å². The number of halogens is 1. The molecule has 0 unspecified atom stereocenters. The zero-order chi connectivity index (χ0) is 15.4. The molecule has 0 bridgehead atoms. The van der Waals surface area contributed by atoms with Gasteiger partial charge in [0, 0.05) is 12.1 Å². The number of hydrogen-bond donors (Lipinski definition) is 1. The van der Waals surface area contributed by atoms with Gasteiger partial charge in [-0.05, 0) is 25.7 Å². The molecule has 8 heteroatoms. The summed E-state index contributed by atoms with van der Waals surface area (Å²) in [5.41, 5.74) is 0. The Morgan fingerprint density at radius 3 is 2.64 bits per heavy atom. The minimum absolute atomic E-state index is 0.0552. The number of nitrogens with zero attached hydrogens (tertiary/aromatic N) is 3. The van der Waals surface area contributed by atoms with Gasteiger partial charge in [0.25, 0.3) is 5.91 Å². The van der Waals surface area contributed by atoms with Crippen LogP contribution in [0.25, 0.3) is 0 Å². The van der Waals surface area contributed by atoms with E-state index in [9.17, 15) is 4.79 Å². The first-order chi connectivity index (χ1) is 10.7. The van der Waals surface area contributed by atoms with Crippen LogP contribution < -0.4 is 10.1 Å². The fraction of sp³-hybridized carbons (Fsp3) is 0.429. The maximum absolute atomic E-state index is 11.9. The molecule has 1 aliphatic carbocycles. The van der Waals surface area contributed by atoms with Gasteiger partial charge in [0.2, 0.25) is 5.76 Å². The Balaban J connectivity index is 1.46. The molecule has 0 radical (unpaired) electrons. The maximum atomic E-state index is 11.9. The molecule has 0 atom stereocenters. The van der Waals surface area contributed by atoms with Gasteiger partial charge in [-0.1, -0.05) is 16.8 Å². The van der Waals surface area contributed by atoms with E-state index < -0.39 is 0 Å². The number of carbonyl (C=O) groups is 1. The van der Waals surface area contributed by atoms with Crippen LogP contribution in [-0.2, 0) is 0 Å². The van der Waals surface area contributed by atoms with E-state index in [4.69, 9.17) is 20.9 Å². The molecule has 7 nitrogen and oxygen atoms in total. The minimum Gasteiger partial charge on any atom is -0.460 e. The van der Waals surface area contributed by atoms with Crippen LogP contribution in [0.1, 0.15) is 36.2 Å². The van der Waals surface area contributed by atoms with Crippen molar-refractivity contribution in [2.45, 2.75) is 37.8 Å². The highest BCUT2D eigenvalue weighted by molar-refractivity contribution is 6.30. The van der Waals surface area contributed by atoms with Gasteiger partial charge < -0.3 is 14.6 Å². The van der Waals surface area contributed by atoms with Crippen LogP contribution >= 0.6 is 11.6 Å². The summed E-state index contributed by atoms with van der Waals surface area (Å²) >= 11 is 5.73. The number of carbonyl (C=O) groups excluding carboxylic acids is 1. The smallest absolute Gasteiger partial charge is 0.316 e. The van der Waals surface area contributed by atoms with Gasteiger partial charge in [0.1, 0.15) is 6.10 Å². The van der Waals surface area contributed by atoms with Crippen molar-refractivity contribution in [1.82, 2.24) is 20.4 Å². The third kappa shape index (κ3) is 3.73. The third-order valence-electron chi connectivity index (χ3n) is 3.54. The first-order valence-electron chi connectivity index (χ1n) is 7.06. The normalized spacial score (nSPS) is 21.3.